The molecule has 0 saturated heterocycles. The summed E-state index contributed by atoms with van der Waals surface area (Å²) in [6.45, 7) is 15.8. The van der Waals surface area contributed by atoms with Crippen LogP contribution in [0.25, 0.3) is 5.57 Å². The van der Waals surface area contributed by atoms with Gasteiger partial charge >= 0.3 is 0 Å². The predicted molar refractivity (Wildman–Crippen MR) is 122 cm³/mol. The van der Waals surface area contributed by atoms with E-state index in [1.807, 2.05) is 6.08 Å². The lowest BCUT2D eigenvalue weighted by molar-refractivity contribution is 0.495. The summed E-state index contributed by atoms with van der Waals surface area (Å²) in [7, 11) is 0. The summed E-state index contributed by atoms with van der Waals surface area (Å²) in [5.74, 6) is -3.82. The fraction of sp³-hybridized carbons (Fsp3) is 0.259. The third-order valence-electron chi connectivity index (χ3n) is 5.25. The highest BCUT2D eigenvalue weighted by Crippen LogP contribution is 2.31. The van der Waals surface area contributed by atoms with Gasteiger partial charge in [0.15, 0.2) is 23.3 Å². The van der Waals surface area contributed by atoms with Gasteiger partial charge in [0.2, 0.25) is 0 Å². The van der Waals surface area contributed by atoms with Crippen molar-refractivity contribution < 1.29 is 17.6 Å². The van der Waals surface area contributed by atoms with Crippen LogP contribution >= 0.6 is 0 Å². The zero-order chi connectivity index (χ0) is 23.1. The van der Waals surface area contributed by atoms with Crippen LogP contribution in [0.2, 0.25) is 0 Å². The fourth-order valence-corrected chi connectivity index (χ4v) is 3.27. The van der Waals surface area contributed by atoms with Gasteiger partial charge in [-0.2, -0.15) is 0 Å². The zero-order valence-electron chi connectivity index (χ0n) is 18.0. The zero-order valence-corrected chi connectivity index (χ0v) is 18.0. The Morgan fingerprint density at radius 2 is 1.68 bits per heavy atom. The Bertz CT molecular complexity index is 1000. The van der Waals surface area contributed by atoms with Crippen molar-refractivity contribution in [3.05, 3.63) is 113 Å². The average molecular weight is 429 g/mol. The van der Waals surface area contributed by atoms with Crippen LogP contribution in [0.1, 0.15) is 50.2 Å². The Morgan fingerprint density at radius 1 is 0.968 bits per heavy atom. The summed E-state index contributed by atoms with van der Waals surface area (Å²) in [6, 6.07) is 3.25. The summed E-state index contributed by atoms with van der Waals surface area (Å²) >= 11 is 0. The molecule has 2 rings (SSSR count). The Balaban J connectivity index is 2.01. The first-order valence-corrected chi connectivity index (χ1v) is 10.2. The molecule has 4 heteroatoms. The Morgan fingerprint density at radius 3 is 2.29 bits per heavy atom. The first-order valence-electron chi connectivity index (χ1n) is 10.2. The van der Waals surface area contributed by atoms with Gasteiger partial charge in [-0.15, -0.1) is 0 Å². The Kier molecular flexibility index (Phi) is 8.61. The molecule has 1 aromatic rings. The maximum atomic E-state index is 14.6. The van der Waals surface area contributed by atoms with Crippen LogP contribution in [-0.2, 0) is 6.42 Å². The smallest absolute Gasteiger partial charge is 0.166 e. The van der Waals surface area contributed by atoms with Crippen LogP contribution in [0.15, 0.2) is 90.6 Å². The lowest BCUT2D eigenvalue weighted by Crippen LogP contribution is -2.02. The number of allylic oxidation sites excluding steroid dienone is 10. The molecule has 0 bridgehead atoms. The second-order valence-corrected chi connectivity index (χ2v) is 7.78. The van der Waals surface area contributed by atoms with Gasteiger partial charge in [0.05, 0.1) is 0 Å². The van der Waals surface area contributed by atoms with Gasteiger partial charge in [-0.1, -0.05) is 62.2 Å². The van der Waals surface area contributed by atoms with Crippen molar-refractivity contribution in [2.24, 2.45) is 0 Å². The van der Waals surface area contributed by atoms with Gasteiger partial charge in [0.1, 0.15) is 0 Å². The summed E-state index contributed by atoms with van der Waals surface area (Å²) < 4.78 is 56.7. The number of hydrogen-bond donors (Lipinski definition) is 0. The van der Waals surface area contributed by atoms with Crippen molar-refractivity contribution in [2.75, 3.05) is 0 Å². The standard InChI is InChI=1S/C27H28F4/c1-17(2)24(28)25(29)20(5)19(4)13-11-18(3)12-14-22-15-16-23(27(31)26(22)30)21-9-7-6-8-10-21/h9,11,13,15-16H,1,3-8,10,12,14H2,2H3/b13-11-,25-24-. The van der Waals surface area contributed by atoms with Crippen molar-refractivity contribution in [3.63, 3.8) is 0 Å². The number of benzene rings is 1. The van der Waals surface area contributed by atoms with E-state index in [0.717, 1.165) is 31.3 Å². The second-order valence-electron chi connectivity index (χ2n) is 7.78. The average Bonchev–Trinajstić information content (AvgIpc) is 2.77. The van der Waals surface area contributed by atoms with E-state index in [4.69, 9.17) is 0 Å². The maximum absolute atomic E-state index is 14.6. The molecule has 0 fully saturated rings. The molecule has 31 heavy (non-hydrogen) atoms. The first-order chi connectivity index (χ1) is 14.6. The van der Waals surface area contributed by atoms with E-state index < -0.39 is 23.3 Å². The van der Waals surface area contributed by atoms with Gasteiger partial charge < -0.3 is 0 Å². The van der Waals surface area contributed by atoms with E-state index in [1.54, 1.807) is 18.2 Å². The van der Waals surface area contributed by atoms with E-state index in [-0.39, 0.29) is 28.7 Å². The molecule has 0 spiro atoms. The van der Waals surface area contributed by atoms with Crippen LogP contribution in [0, 0.1) is 11.6 Å². The Labute approximate surface area is 182 Å². The molecule has 0 amide bonds. The number of rotatable bonds is 9. The van der Waals surface area contributed by atoms with Crippen molar-refractivity contribution in [1.29, 1.82) is 0 Å². The van der Waals surface area contributed by atoms with E-state index in [1.165, 1.54) is 13.0 Å². The molecular weight excluding hydrogens is 400 g/mol. The predicted octanol–water partition coefficient (Wildman–Crippen LogP) is 8.81. The topological polar surface area (TPSA) is 0 Å². The molecule has 0 heterocycles. The molecule has 1 aliphatic rings. The van der Waals surface area contributed by atoms with Crippen LogP contribution in [0.3, 0.4) is 0 Å². The number of hydrogen-bond acceptors (Lipinski definition) is 0. The van der Waals surface area contributed by atoms with Crippen LogP contribution < -0.4 is 0 Å². The minimum atomic E-state index is -1.11. The largest absolute Gasteiger partial charge is 0.203 e. The van der Waals surface area contributed by atoms with E-state index in [9.17, 15) is 17.6 Å². The number of halogens is 4. The van der Waals surface area contributed by atoms with Gasteiger partial charge in [-0.05, 0) is 67.7 Å². The van der Waals surface area contributed by atoms with Crippen LogP contribution in [0.4, 0.5) is 17.6 Å². The summed E-state index contributed by atoms with van der Waals surface area (Å²) in [4.78, 5) is 0. The minimum absolute atomic E-state index is 0.0418. The molecule has 1 aliphatic carbocycles. The molecule has 0 radical (unpaired) electrons. The van der Waals surface area contributed by atoms with Gasteiger partial charge in [0, 0.05) is 11.1 Å². The molecule has 0 saturated carbocycles. The molecule has 164 valence electrons. The van der Waals surface area contributed by atoms with Crippen molar-refractivity contribution in [2.45, 2.75) is 45.4 Å². The molecule has 0 N–H and O–H groups in total. The summed E-state index contributed by atoms with van der Waals surface area (Å²) in [5, 5.41) is 0. The first kappa shape index (κ1) is 24.4. The van der Waals surface area contributed by atoms with E-state index >= 15 is 0 Å². The highest BCUT2D eigenvalue weighted by Gasteiger charge is 2.17. The monoisotopic (exact) mass is 428 g/mol. The highest BCUT2D eigenvalue weighted by molar-refractivity contribution is 5.67. The quantitative estimate of drug-likeness (QED) is 0.272. The summed E-state index contributed by atoms with van der Waals surface area (Å²) in [5.41, 5.74) is 2.03. The molecule has 0 nitrogen and oxygen atoms in total. The lowest BCUT2D eigenvalue weighted by atomic mass is 9.92. The van der Waals surface area contributed by atoms with Crippen molar-refractivity contribution >= 4 is 5.57 Å². The van der Waals surface area contributed by atoms with Crippen molar-refractivity contribution in [3.8, 4) is 0 Å². The normalized spacial score (nSPS) is 14.8. The van der Waals surface area contributed by atoms with Gasteiger partial charge in [-0.25, -0.2) is 17.6 Å². The molecule has 0 aliphatic heterocycles. The van der Waals surface area contributed by atoms with Crippen LogP contribution in [0.5, 0.6) is 0 Å². The molecule has 0 atom stereocenters. The number of aryl methyl sites for hydroxylation is 1. The van der Waals surface area contributed by atoms with Crippen molar-refractivity contribution in [1.82, 2.24) is 0 Å². The second kappa shape index (κ2) is 10.9. The SMILES string of the molecule is C=C(/C=C\C(=C)C(=C)/C(F)=C(/F)C(=C)C)CCc1ccc(C2=CCCCC2)c(F)c1F. The highest BCUT2D eigenvalue weighted by atomic mass is 19.2. The minimum Gasteiger partial charge on any atom is -0.203 e. The Hall–Kier alpha value is -2.88. The summed E-state index contributed by atoms with van der Waals surface area (Å²) in [6.07, 6.45) is 9.37. The molecule has 0 aromatic heterocycles. The molecule has 0 unspecified atom stereocenters. The fourth-order valence-electron chi connectivity index (χ4n) is 3.27. The lowest BCUT2D eigenvalue weighted by Gasteiger charge is -2.15. The maximum Gasteiger partial charge on any atom is 0.166 e. The molecule has 1 aromatic carbocycles. The van der Waals surface area contributed by atoms with E-state index in [0.29, 0.717) is 17.6 Å². The van der Waals surface area contributed by atoms with Gasteiger partial charge in [-0.3, -0.25) is 0 Å². The third kappa shape index (κ3) is 6.30. The third-order valence-corrected chi connectivity index (χ3v) is 5.25. The van der Waals surface area contributed by atoms with E-state index in [2.05, 4.69) is 26.3 Å². The molecular formula is C27H28F4. The van der Waals surface area contributed by atoms with Gasteiger partial charge in [0.25, 0.3) is 0 Å². The van der Waals surface area contributed by atoms with Crippen LogP contribution in [-0.4, -0.2) is 0 Å².